The molecule has 6 nitrogen and oxygen atoms in total. The number of sulfonamides is 1. The van der Waals surface area contributed by atoms with E-state index >= 15 is 0 Å². The predicted molar refractivity (Wildman–Crippen MR) is 81.5 cm³/mol. The Morgan fingerprint density at radius 2 is 2.00 bits per heavy atom. The van der Waals surface area contributed by atoms with Crippen molar-refractivity contribution in [3.05, 3.63) is 28.3 Å². The van der Waals surface area contributed by atoms with Crippen molar-refractivity contribution < 1.29 is 18.3 Å². The summed E-state index contributed by atoms with van der Waals surface area (Å²) in [7, 11) is -3.78. The lowest BCUT2D eigenvalue weighted by molar-refractivity contribution is 0.0696. The summed E-state index contributed by atoms with van der Waals surface area (Å²) in [6.45, 7) is 5.21. The Morgan fingerprint density at radius 3 is 2.57 bits per heavy atom. The van der Waals surface area contributed by atoms with Crippen molar-refractivity contribution in [2.45, 2.75) is 25.2 Å². The molecule has 0 radical (unpaired) electrons. The van der Waals surface area contributed by atoms with Crippen LogP contribution >= 0.6 is 11.6 Å². The van der Waals surface area contributed by atoms with E-state index in [0.717, 1.165) is 6.54 Å². The van der Waals surface area contributed by atoms with Gasteiger partial charge in [-0.15, -0.1) is 0 Å². The van der Waals surface area contributed by atoms with Gasteiger partial charge in [-0.25, -0.2) is 17.9 Å². The Kier molecular flexibility index (Phi) is 6.60. The van der Waals surface area contributed by atoms with E-state index < -0.39 is 16.0 Å². The number of hydrogen-bond acceptors (Lipinski definition) is 4. The first-order valence-corrected chi connectivity index (χ1v) is 8.39. The Bertz CT molecular complexity index is 617. The topological polar surface area (TPSA) is 95.5 Å². The number of benzene rings is 1. The minimum Gasteiger partial charge on any atom is -0.478 e. The first kappa shape index (κ1) is 17.9. The molecule has 0 fully saturated rings. The monoisotopic (exact) mass is 334 g/mol. The predicted octanol–water partition coefficient (Wildman–Crippen LogP) is 1.62. The molecule has 0 aliphatic heterocycles. The van der Waals surface area contributed by atoms with E-state index in [-0.39, 0.29) is 27.6 Å². The van der Waals surface area contributed by atoms with Crippen molar-refractivity contribution in [1.29, 1.82) is 0 Å². The molecule has 21 heavy (non-hydrogen) atoms. The van der Waals surface area contributed by atoms with Gasteiger partial charge in [-0.05, 0) is 44.1 Å². The van der Waals surface area contributed by atoms with E-state index in [4.69, 9.17) is 16.7 Å². The molecule has 0 saturated carbocycles. The fourth-order valence-electron chi connectivity index (χ4n) is 1.83. The molecule has 0 spiro atoms. The number of carbonyl (C=O) groups is 1. The number of aromatic carboxylic acids is 1. The van der Waals surface area contributed by atoms with Crippen LogP contribution in [-0.4, -0.2) is 39.1 Å². The molecule has 0 saturated heterocycles. The van der Waals surface area contributed by atoms with Gasteiger partial charge in [-0.3, -0.25) is 0 Å². The highest BCUT2D eigenvalue weighted by molar-refractivity contribution is 7.89. The van der Waals surface area contributed by atoms with Crippen molar-refractivity contribution in [3.8, 4) is 0 Å². The van der Waals surface area contributed by atoms with Gasteiger partial charge in [0.15, 0.2) is 0 Å². The minimum absolute atomic E-state index is 0.0750. The second-order valence-electron chi connectivity index (χ2n) is 4.49. The maximum absolute atomic E-state index is 12.2. The van der Waals surface area contributed by atoms with Crippen molar-refractivity contribution in [3.63, 3.8) is 0 Å². The molecule has 0 amide bonds. The van der Waals surface area contributed by atoms with Gasteiger partial charge in [0.25, 0.3) is 0 Å². The second kappa shape index (κ2) is 7.74. The summed E-state index contributed by atoms with van der Waals surface area (Å²) in [4.78, 5) is 11.0. The van der Waals surface area contributed by atoms with Crippen LogP contribution in [0.1, 0.15) is 29.3 Å². The lowest BCUT2D eigenvalue weighted by atomic mass is 10.1. The van der Waals surface area contributed by atoms with Crippen LogP contribution in [0.3, 0.4) is 0 Å². The average molecular weight is 335 g/mol. The zero-order valence-corrected chi connectivity index (χ0v) is 13.5. The van der Waals surface area contributed by atoms with Gasteiger partial charge >= 0.3 is 5.97 Å². The van der Waals surface area contributed by atoms with Crippen molar-refractivity contribution >= 4 is 27.6 Å². The fraction of sp³-hybridized carbons (Fsp3) is 0.462. The van der Waals surface area contributed by atoms with Crippen LogP contribution in [0.2, 0.25) is 5.02 Å². The van der Waals surface area contributed by atoms with Crippen LogP contribution in [0.25, 0.3) is 0 Å². The van der Waals surface area contributed by atoms with Crippen LogP contribution in [-0.2, 0) is 10.0 Å². The summed E-state index contributed by atoms with van der Waals surface area (Å²) in [5.74, 6) is -1.21. The molecule has 0 bridgehead atoms. The highest BCUT2D eigenvalue weighted by atomic mass is 35.5. The number of rotatable bonds is 8. The van der Waals surface area contributed by atoms with Gasteiger partial charge in [-0.2, -0.15) is 0 Å². The molecule has 1 aromatic rings. The van der Waals surface area contributed by atoms with E-state index in [1.807, 2.05) is 6.92 Å². The molecule has 0 unspecified atom stereocenters. The molecule has 1 aromatic carbocycles. The molecule has 1 rings (SSSR count). The van der Waals surface area contributed by atoms with Gasteiger partial charge in [0.2, 0.25) is 10.0 Å². The first-order valence-electron chi connectivity index (χ1n) is 6.53. The van der Waals surface area contributed by atoms with Crippen molar-refractivity contribution in [2.24, 2.45) is 0 Å². The number of carboxylic acid groups (broad SMARTS) is 1. The van der Waals surface area contributed by atoms with Gasteiger partial charge in [0, 0.05) is 11.6 Å². The van der Waals surface area contributed by atoms with E-state index in [1.54, 1.807) is 0 Å². The summed E-state index contributed by atoms with van der Waals surface area (Å²) in [5, 5.41) is 12.2. The van der Waals surface area contributed by atoms with Gasteiger partial charge in [0.1, 0.15) is 0 Å². The summed E-state index contributed by atoms with van der Waals surface area (Å²) < 4.78 is 26.9. The van der Waals surface area contributed by atoms with Crippen LogP contribution in [0.15, 0.2) is 17.0 Å². The van der Waals surface area contributed by atoms with Gasteiger partial charge in [0.05, 0.1) is 10.5 Å². The molecule has 118 valence electrons. The lowest BCUT2D eigenvalue weighted by Gasteiger charge is -2.12. The second-order valence-corrected chi connectivity index (χ2v) is 6.66. The number of carboxylic acids is 1. The van der Waals surface area contributed by atoms with Crippen molar-refractivity contribution in [1.82, 2.24) is 10.0 Å². The van der Waals surface area contributed by atoms with E-state index in [0.29, 0.717) is 13.0 Å². The quantitative estimate of drug-likeness (QED) is 0.628. The molecule has 0 heterocycles. The maximum atomic E-state index is 12.2. The Labute approximate surface area is 129 Å². The van der Waals surface area contributed by atoms with Crippen molar-refractivity contribution in [2.75, 3.05) is 19.6 Å². The Hall–Kier alpha value is -1.15. The van der Waals surface area contributed by atoms with Gasteiger partial charge in [-0.1, -0.05) is 18.5 Å². The molecular formula is C13H19ClN2O4S. The minimum atomic E-state index is -3.78. The van der Waals surface area contributed by atoms with E-state index in [2.05, 4.69) is 10.0 Å². The number of hydrogen-bond donors (Lipinski definition) is 3. The summed E-state index contributed by atoms with van der Waals surface area (Å²) >= 11 is 5.81. The highest BCUT2D eigenvalue weighted by Gasteiger charge is 2.21. The normalized spacial score (nSPS) is 11.6. The Morgan fingerprint density at radius 1 is 1.33 bits per heavy atom. The van der Waals surface area contributed by atoms with E-state index in [1.165, 1.54) is 19.1 Å². The summed E-state index contributed by atoms with van der Waals surface area (Å²) in [5.41, 5.74) is 0.0570. The lowest BCUT2D eigenvalue weighted by Crippen LogP contribution is -2.28. The number of nitrogens with one attached hydrogen (secondary N) is 2. The highest BCUT2D eigenvalue weighted by Crippen LogP contribution is 2.24. The van der Waals surface area contributed by atoms with Gasteiger partial charge < -0.3 is 10.4 Å². The third-order valence-electron chi connectivity index (χ3n) is 2.92. The molecule has 3 N–H and O–H groups in total. The average Bonchev–Trinajstić information content (AvgIpc) is 2.40. The van der Waals surface area contributed by atoms with Crippen LogP contribution < -0.4 is 10.0 Å². The SMILES string of the molecule is CCNCCCNS(=O)(=O)c1cc(Cl)cc(C(=O)O)c1C. The standard InChI is InChI=1S/C13H19ClN2O4S/c1-3-15-5-4-6-16-21(19,20)12-8-10(14)7-11(9(12)2)13(17)18/h7-8,15-16H,3-6H2,1-2H3,(H,17,18). The third-order valence-corrected chi connectivity index (χ3v) is 4.72. The van der Waals surface area contributed by atoms with Crippen LogP contribution in [0, 0.1) is 6.92 Å². The zero-order valence-electron chi connectivity index (χ0n) is 11.9. The number of halogens is 1. The largest absolute Gasteiger partial charge is 0.478 e. The molecule has 0 atom stereocenters. The first-order chi connectivity index (χ1) is 9.79. The molecular weight excluding hydrogens is 316 g/mol. The smallest absolute Gasteiger partial charge is 0.336 e. The molecule has 0 aliphatic carbocycles. The maximum Gasteiger partial charge on any atom is 0.336 e. The third kappa shape index (κ3) is 4.96. The molecule has 0 aromatic heterocycles. The van der Waals surface area contributed by atoms with E-state index in [9.17, 15) is 13.2 Å². The zero-order chi connectivity index (χ0) is 16.0. The summed E-state index contributed by atoms with van der Waals surface area (Å²) in [6.07, 6.45) is 0.637. The Balaban J connectivity index is 2.95. The fourth-order valence-corrected chi connectivity index (χ4v) is 3.48. The van der Waals surface area contributed by atoms with Crippen LogP contribution in [0.4, 0.5) is 0 Å². The molecule has 8 heteroatoms. The molecule has 0 aliphatic rings. The summed E-state index contributed by atoms with van der Waals surface area (Å²) in [6, 6.07) is 2.50. The van der Waals surface area contributed by atoms with Crippen LogP contribution in [0.5, 0.6) is 0 Å².